The number of hydrogen-bond acceptors (Lipinski definition) is 3. The van der Waals surface area contributed by atoms with Crippen LogP contribution in [0.15, 0.2) is 26.6 Å². The van der Waals surface area contributed by atoms with Gasteiger partial charge in [-0.2, -0.15) is 4.99 Å². The van der Waals surface area contributed by atoms with Crippen LogP contribution in [0.1, 0.15) is 0 Å². The first-order valence-electron chi connectivity index (χ1n) is 4.39. The summed E-state index contributed by atoms with van der Waals surface area (Å²) in [5.41, 5.74) is 15.2. The Hall–Kier alpha value is -1.87. The van der Waals surface area contributed by atoms with E-state index in [1.165, 1.54) is 12.1 Å². The van der Waals surface area contributed by atoms with Gasteiger partial charge in [0.25, 0.3) is 0 Å². The van der Waals surface area contributed by atoms with Gasteiger partial charge in [0.1, 0.15) is 5.02 Å². The van der Waals surface area contributed by atoms with Crippen LogP contribution < -0.4 is 17.2 Å². The van der Waals surface area contributed by atoms with Crippen LogP contribution in [0.4, 0.5) is 11.4 Å². The molecule has 18 heavy (non-hydrogen) atoms. The molecule has 0 aromatic heterocycles. The molecule has 0 atom stereocenters. The molecule has 0 radical (unpaired) electrons. The maximum atomic E-state index is 10.9. The highest BCUT2D eigenvalue weighted by atomic mass is 79.9. The zero-order valence-corrected chi connectivity index (χ0v) is 11.1. The molecule has 0 aliphatic carbocycles. The summed E-state index contributed by atoms with van der Waals surface area (Å²) in [5, 5.41) is 10.8. The van der Waals surface area contributed by atoms with Gasteiger partial charge in [0, 0.05) is 0 Å². The van der Waals surface area contributed by atoms with Crippen LogP contribution in [0.5, 0.6) is 0 Å². The highest BCUT2D eigenvalue weighted by Gasteiger charge is 2.21. The fourth-order valence-corrected chi connectivity index (χ4v) is 1.71. The van der Waals surface area contributed by atoms with Gasteiger partial charge in [-0.25, -0.2) is 4.99 Å². The van der Waals surface area contributed by atoms with Crippen LogP contribution in [0.25, 0.3) is 0 Å². The van der Waals surface area contributed by atoms with Crippen molar-refractivity contribution in [1.82, 2.24) is 0 Å². The lowest BCUT2D eigenvalue weighted by atomic mass is 10.3. The summed E-state index contributed by atoms with van der Waals surface area (Å²) in [6, 6.07) is 2.86. The van der Waals surface area contributed by atoms with E-state index in [1.807, 2.05) is 0 Å². The molecule has 0 bridgehead atoms. The number of halogens is 2. The van der Waals surface area contributed by atoms with Crippen LogP contribution in [0, 0.1) is 10.1 Å². The fraction of sp³-hybridized carbons (Fsp3) is 0. The lowest BCUT2D eigenvalue weighted by Crippen LogP contribution is -2.26. The van der Waals surface area contributed by atoms with Gasteiger partial charge in [0.2, 0.25) is 5.96 Å². The minimum atomic E-state index is -0.672. The van der Waals surface area contributed by atoms with Gasteiger partial charge in [-0.1, -0.05) is 11.6 Å². The average molecular weight is 336 g/mol. The first-order valence-corrected chi connectivity index (χ1v) is 5.56. The molecule has 0 saturated carbocycles. The number of nitrogens with two attached hydrogens (primary N) is 3. The summed E-state index contributed by atoms with van der Waals surface area (Å²) < 4.78 is 0.340. The second-order valence-corrected chi connectivity index (χ2v) is 4.25. The first kappa shape index (κ1) is 14.2. The molecule has 8 nitrogen and oxygen atoms in total. The molecular formula is C8H8BrClN6O2. The van der Waals surface area contributed by atoms with Crippen molar-refractivity contribution in [3.8, 4) is 0 Å². The van der Waals surface area contributed by atoms with Crippen molar-refractivity contribution in [2.75, 3.05) is 0 Å². The van der Waals surface area contributed by atoms with Crippen LogP contribution in [0.2, 0.25) is 5.02 Å². The highest BCUT2D eigenvalue weighted by Crippen LogP contribution is 2.40. The number of nitro benzene ring substituents is 1. The van der Waals surface area contributed by atoms with E-state index in [4.69, 9.17) is 28.8 Å². The molecule has 0 fully saturated rings. The summed E-state index contributed by atoms with van der Waals surface area (Å²) in [7, 11) is 0. The maximum Gasteiger partial charge on any atom is 0.314 e. The number of nitro groups is 1. The van der Waals surface area contributed by atoms with Crippen molar-refractivity contribution < 1.29 is 4.92 Å². The van der Waals surface area contributed by atoms with Gasteiger partial charge in [0.15, 0.2) is 11.6 Å². The molecule has 96 valence electrons. The Morgan fingerprint density at radius 1 is 1.39 bits per heavy atom. The lowest BCUT2D eigenvalue weighted by Gasteiger charge is -2.02. The summed E-state index contributed by atoms with van der Waals surface area (Å²) in [6.07, 6.45) is 0. The smallest absolute Gasteiger partial charge is 0.314 e. The Bertz CT molecular complexity index is 555. The molecular weight excluding hydrogens is 327 g/mol. The molecule has 6 N–H and O–H groups in total. The predicted molar refractivity (Wildman–Crippen MR) is 72.9 cm³/mol. The van der Waals surface area contributed by atoms with Crippen molar-refractivity contribution in [2.24, 2.45) is 27.2 Å². The van der Waals surface area contributed by atoms with Gasteiger partial charge < -0.3 is 17.2 Å². The van der Waals surface area contributed by atoms with Gasteiger partial charge in [-0.05, 0) is 28.1 Å². The van der Waals surface area contributed by atoms with E-state index >= 15 is 0 Å². The third-order valence-electron chi connectivity index (χ3n) is 1.71. The van der Waals surface area contributed by atoms with Crippen molar-refractivity contribution >= 4 is 50.8 Å². The second kappa shape index (κ2) is 5.65. The molecule has 1 rings (SSSR count). The zero-order valence-electron chi connectivity index (χ0n) is 8.80. The molecule has 0 aliphatic rings. The van der Waals surface area contributed by atoms with Crippen LogP contribution in [-0.2, 0) is 0 Å². The molecule has 1 aromatic carbocycles. The maximum absolute atomic E-state index is 10.9. The third kappa shape index (κ3) is 3.31. The van der Waals surface area contributed by atoms with Crippen molar-refractivity contribution in [3.05, 3.63) is 31.7 Å². The number of hydrogen-bond donors (Lipinski definition) is 3. The molecule has 0 spiro atoms. The average Bonchev–Trinajstić information content (AvgIpc) is 2.21. The van der Waals surface area contributed by atoms with E-state index in [9.17, 15) is 10.1 Å². The van der Waals surface area contributed by atoms with Crippen LogP contribution in [-0.4, -0.2) is 16.8 Å². The number of guanidine groups is 2. The Balaban J connectivity index is 3.45. The summed E-state index contributed by atoms with van der Waals surface area (Å²) >= 11 is 8.84. The van der Waals surface area contributed by atoms with Crippen molar-refractivity contribution in [3.63, 3.8) is 0 Å². The monoisotopic (exact) mass is 334 g/mol. The largest absolute Gasteiger partial charge is 0.370 e. The number of rotatable bonds is 2. The fourth-order valence-electron chi connectivity index (χ4n) is 1.08. The van der Waals surface area contributed by atoms with E-state index in [2.05, 4.69) is 25.9 Å². The van der Waals surface area contributed by atoms with Gasteiger partial charge in [0.05, 0.1) is 9.40 Å². The summed E-state index contributed by atoms with van der Waals surface area (Å²) in [5.74, 6) is -0.627. The molecule has 0 heterocycles. The standard InChI is InChI=1S/C8H8BrClN6O2/c9-3-1-2-4(10)6(16(17)18)5(3)14-8(13)15-7(11)12/h1-2H,(H6,11,12,13,14,15). The van der Waals surface area contributed by atoms with Gasteiger partial charge in [-0.15, -0.1) is 0 Å². The van der Waals surface area contributed by atoms with Crippen molar-refractivity contribution in [1.29, 1.82) is 0 Å². The lowest BCUT2D eigenvalue weighted by molar-refractivity contribution is -0.383. The van der Waals surface area contributed by atoms with E-state index < -0.39 is 4.92 Å². The molecule has 0 unspecified atom stereocenters. The van der Waals surface area contributed by atoms with Gasteiger partial charge in [-0.3, -0.25) is 10.1 Å². The summed E-state index contributed by atoms with van der Waals surface area (Å²) in [6.45, 7) is 0. The van der Waals surface area contributed by atoms with Crippen molar-refractivity contribution in [2.45, 2.75) is 0 Å². The number of benzene rings is 1. The van der Waals surface area contributed by atoms with Crippen LogP contribution >= 0.6 is 27.5 Å². The molecule has 0 amide bonds. The van der Waals surface area contributed by atoms with E-state index in [0.717, 1.165) is 0 Å². The topological polar surface area (TPSA) is 146 Å². The minimum Gasteiger partial charge on any atom is -0.370 e. The van der Waals surface area contributed by atoms with E-state index in [-0.39, 0.29) is 28.3 Å². The zero-order chi connectivity index (χ0) is 13.9. The third-order valence-corrected chi connectivity index (χ3v) is 2.65. The Kier molecular flexibility index (Phi) is 4.45. The highest BCUT2D eigenvalue weighted by molar-refractivity contribution is 9.10. The normalized spacial score (nSPS) is 11.1. The second-order valence-electron chi connectivity index (χ2n) is 2.99. The first-order chi connectivity index (χ1) is 8.32. The molecule has 0 saturated heterocycles. The quantitative estimate of drug-likeness (QED) is 0.322. The Morgan fingerprint density at radius 3 is 2.50 bits per heavy atom. The predicted octanol–water partition coefficient (Wildman–Crippen LogP) is 1.23. The van der Waals surface area contributed by atoms with Crippen LogP contribution in [0.3, 0.4) is 0 Å². The van der Waals surface area contributed by atoms with E-state index in [1.54, 1.807) is 0 Å². The number of nitrogens with zero attached hydrogens (tertiary/aromatic N) is 3. The minimum absolute atomic E-state index is 0.0602. The number of aliphatic imine (C=N–C) groups is 2. The van der Waals surface area contributed by atoms with Gasteiger partial charge >= 0.3 is 5.69 Å². The molecule has 1 aromatic rings. The molecule has 0 aliphatic heterocycles. The Labute approximate surface area is 115 Å². The Morgan fingerprint density at radius 2 is 2.00 bits per heavy atom. The molecule has 10 heteroatoms. The SMILES string of the molecule is NC(N)=NC(N)=Nc1c(Br)ccc(Cl)c1[N+](=O)[O-]. The van der Waals surface area contributed by atoms with E-state index in [0.29, 0.717) is 4.47 Å². The summed E-state index contributed by atoms with van der Waals surface area (Å²) in [4.78, 5) is 17.4.